The van der Waals surface area contributed by atoms with E-state index < -0.39 is 0 Å². The van der Waals surface area contributed by atoms with Crippen LogP contribution < -0.4 is 4.90 Å². The molecule has 0 saturated carbocycles. The molecule has 0 N–H and O–H groups in total. The fraction of sp³-hybridized carbons (Fsp3) is 0.381. The molecule has 1 unspecified atom stereocenters. The van der Waals surface area contributed by atoms with Gasteiger partial charge in [0, 0.05) is 37.0 Å². The van der Waals surface area contributed by atoms with Gasteiger partial charge in [-0.1, -0.05) is 18.2 Å². The number of anilines is 1. The molecule has 1 fully saturated rings. The monoisotopic (exact) mass is 397 g/mol. The Kier molecular flexibility index (Phi) is 5.92. The first kappa shape index (κ1) is 19.0. The SMILES string of the molecule is O=C(CN1C(=O)CSc2ccccc21)N(Cc1cccnc1)CC1CCCO1. The fourth-order valence-electron chi connectivity index (χ4n) is 3.56. The second kappa shape index (κ2) is 8.75. The van der Waals surface area contributed by atoms with Crippen LogP contribution in [0.25, 0.3) is 0 Å². The maximum Gasteiger partial charge on any atom is 0.243 e. The van der Waals surface area contributed by atoms with Crippen LogP contribution in [0.3, 0.4) is 0 Å². The predicted octanol–water partition coefficient (Wildman–Crippen LogP) is 2.73. The summed E-state index contributed by atoms with van der Waals surface area (Å²) in [6.45, 7) is 1.79. The lowest BCUT2D eigenvalue weighted by Gasteiger charge is -2.32. The van der Waals surface area contributed by atoms with E-state index >= 15 is 0 Å². The van der Waals surface area contributed by atoms with Crippen molar-refractivity contribution in [2.75, 3.05) is 30.3 Å². The van der Waals surface area contributed by atoms with E-state index in [-0.39, 0.29) is 24.5 Å². The largest absolute Gasteiger partial charge is 0.376 e. The van der Waals surface area contributed by atoms with Gasteiger partial charge in [0.05, 0.1) is 17.5 Å². The summed E-state index contributed by atoms with van der Waals surface area (Å²) < 4.78 is 5.75. The number of nitrogens with zero attached hydrogens (tertiary/aromatic N) is 3. The number of hydrogen-bond acceptors (Lipinski definition) is 5. The van der Waals surface area contributed by atoms with E-state index in [0.717, 1.165) is 35.6 Å². The number of fused-ring (bicyclic) bond motifs is 1. The van der Waals surface area contributed by atoms with E-state index in [1.54, 1.807) is 22.2 Å². The molecular formula is C21H23N3O3S. The fourth-order valence-corrected chi connectivity index (χ4v) is 4.50. The Balaban J connectivity index is 1.52. The van der Waals surface area contributed by atoms with Crippen molar-refractivity contribution in [2.45, 2.75) is 30.4 Å². The van der Waals surface area contributed by atoms with Gasteiger partial charge >= 0.3 is 0 Å². The average Bonchev–Trinajstić information content (AvgIpc) is 3.23. The molecule has 0 aliphatic carbocycles. The van der Waals surface area contributed by atoms with E-state index in [1.165, 1.54) is 11.8 Å². The smallest absolute Gasteiger partial charge is 0.243 e. The van der Waals surface area contributed by atoms with Crippen molar-refractivity contribution in [1.82, 2.24) is 9.88 Å². The maximum atomic E-state index is 13.2. The third-order valence-corrected chi connectivity index (χ3v) is 6.05. The molecule has 2 amide bonds. The molecule has 3 heterocycles. The first-order valence-electron chi connectivity index (χ1n) is 9.51. The highest BCUT2D eigenvalue weighted by Crippen LogP contribution is 2.34. The van der Waals surface area contributed by atoms with Gasteiger partial charge in [-0.25, -0.2) is 0 Å². The van der Waals surface area contributed by atoms with Crippen molar-refractivity contribution in [3.8, 4) is 0 Å². The zero-order valence-corrected chi connectivity index (χ0v) is 16.4. The van der Waals surface area contributed by atoms with Gasteiger partial charge in [-0.15, -0.1) is 11.8 Å². The molecule has 146 valence electrons. The summed E-state index contributed by atoms with van der Waals surface area (Å²) >= 11 is 1.52. The molecule has 2 aliphatic rings. The van der Waals surface area contributed by atoms with E-state index in [1.807, 2.05) is 36.4 Å². The lowest BCUT2D eigenvalue weighted by molar-refractivity contribution is -0.133. The standard InChI is InChI=1S/C21H23N3O3S/c25-20(14-24-18-7-1-2-8-19(18)28-15-21(24)26)23(13-17-6-4-10-27-17)12-16-5-3-9-22-11-16/h1-3,5,7-9,11,17H,4,6,10,12-15H2. The summed E-state index contributed by atoms with van der Waals surface area (Å²) in [6, 6.07) is 11.6. The van der Waals surface area contributed by atoms with Gasteiger partial charge in [-0.05, 0) is 36.6 Å². The number of ether oxygens (including phenoxy) is 1. The van der Waals surface area contributed by atoms with Crippen LogP contribution in [0.4, 0.5) is 5.69 Å². The number of pyridine rings is 1. The molecule has 7 heteroatoms. The lowest BCUT2D eigenvalue weighted by atomic mass is 10.2. The van der Waals surface area contributed by atoms with Gasteiger partial charge < -0.3 is 14.5 Å². The van der Waals surface area contributed by atoms with Crippen LogP contribution in [0, 0.1) is 0 Å². The van der Waals surface area contributed by atoms with Crippen LogP contribution >= 0.6 is 11.8 Å². The number of aromatic nitrogens is 1. The third kappa shape index (κ3) is 4.36. The summed E-state index contributed by atoms with van der Waals surface area (Å²) in [6.07, 6.45) is 5.53. The molecule has 0 radical (unpaired) electrons. The highest BCUT2D eigenvalue weighted by Gasteiger charge is 2.29. The minimum Gasteiger partial charge on any atom is -0.376 e. The van der Waals surface area contributed by atoms with Gasteiger partial charge in [-0.2, -0.15) is 0 Å². The van der Waals surface area contributed by atoms with E-state index in [2.05, 4.69) is 4.98 Å². The highest BCUT2D eigenvalue weighted by atomic mass is 32.2. The summed E-state index contributed by atoms with van der Waals surface area (Å²) in [5.74, 6) is 0.253. The Bertz CT molecular complexity index is 840. The average molecular weight is 398 g/mol. The molecule has 0 bridgehead atoms. The minimum absolute atomic E-state index is 0.0319. The zero-order valence-electron chi connectivity index (χ0n) is 15.6. The Labute approximate surface area is 168 Å². The molecular weight excluding hydrogens is 374 g/mol. The van der Waals surface area contributed by atoms with Crippen LogP contribution in [0.1, 0.15) is 18.4 Å². The predicted molar refractivity (Wildman–Crippen MR) is 108 cm³/mol. The molecule has 6 nitrogen and oxygen atoms in total. The third-order valence-electron chi connectivity index (χ3n) is 5.00. The summed E-state index contributed by atoms with van der Waals surface area (Å²) in [5.41, 5.74) is 1.78. The normalized spacial score (nSPS) is 18.8. The molecule has 1 atom stereocenters. The van der Waals surface area contributed by atoms with E-state index in [4.69, 9.17) is 4.74 Å². The van der Waals surface area contributed by atoms with Crippen LogP contribution in [-0.2, 0) is 20.9 Å². The Hall–Kier alpha value is -2.38. The van der Waals surface area contributed by atoms with Gasteiger partial charge in [-0.3, -0.25) is 14.6 Å². The van der Waals surface area contributed by atoms with Crippen molar-refractivity contribution in [3.05, 3.63) is 54.4 Å². The van der Waals surface area contributed by atoms with Crippen LogP contribution in [0.2, 0.25) is 0 Å². The van der Waals surface area contributed by atoms with Crippen molar-refractivity contribution >= 4 is 29.3 Å². The molecule has 1 aromatic carbocycles. The van der Waals surface area contributed by atoms with Gasteiger partial charge in [0.15, 0.2) is 0 Å². The van der Waals surface area contributed by atoms with Gasteiger partial charge in [0.25, 0.3) is 0 Å². The summed E-state index contributed by atoms with van der Waals surface area (Å²) in [4.78, 5) is 34.3. The number of benzene rings is 1. The summed E-state index contributed by atoms with van der Waals surface area (Å²) in [7, 11) is 0. The number of hydrogen-bond donors (Lipinski definition) is 0. The number of carbonyl (C=O) groups excluding carboxylic acids is 2. The van der Waals surface area contributed by atoms with E-state index in [0.29, 0.717) is 18.8 Å². The Morgan fingerprint density at radius 3 is 2.96 bits per heavy atom. The Morgan fingerprint density at radius 2 is 2.18 bits per heavy atom. The van der Waals surface area contributed by atoms with Gasteiger partial charge in [0.1, 0.15) is 6.54 Å². The quantitative estimate of drug-likeness (QED) is 0.750. The summed E-state index contributed by atoms with van der Waals surface area (Å²) in [5, 5.41) is 0. The van der Waals surface area contributed by atoms with Gasteiger partial charge in [0.2, 0.25) is 11.8 Å². The number of carbonyl (C=O) groups is 2. The molecule has 2 aliphatic heterocycles. The second-order valence-corrected chi connectivity index (χ2v) is 8.02. The Morgan fingerprint density at radius 1 is 1.29 bits per heavy atom. The number of amides is 2. The molecule has 28 heavy (non-hydrogen) atoms. The minimum atomic E-state index is -0.0746. The van der Waals surface area contributed by atoms with Crippen molar-refractivity contribution in [1.29, 1.82) is 0 Å². The highest BCUT2D eigenvalue weighted by molar-refractivity contribution is 8.00. The van der Waals surface area contributed by atoms with Crippen LogP contribution in [-0.4, -0.2) is 53.3 Å². The molecule has 2 aromatic rings. The van der Waals surface area contributed by atoms with Crippen molar-refractivity contribution in [2.24, 2.45) is 0 Å². The number of rotatable bonds is 6. The number of thioether (sulfide) groups is 1. The van der Waals surface area contributed by atoms with Crippen LogP contribution in [0.5, 0.6) is 0 Å². The van der Waals surface area contributed by atoms with Crippen molar-refractivity contribution in [3.63, 3.8) is 0 Å². The maximum absolute atomic E-state index is 13.2. The van der Waals surface area contributed by atoms with E-state index in [9.17, 15) is 9.59 Å². The molecule has 0 spiro atoms. The second-order valence-electron chi connectivity index (χ2n) is 7.01. The topological polar surface area (TPSA) is 62.7 Å². The first-order valence-corrected chi connectivity index (χ1v) is 10.5. The molecule has 4 rings (SSSR count). The zero-order chi connectivity index (χ0) is 19.3. The molecule has 1 saturated heterocycles. The lowest BCUT2D eigenvalue weighted by Crippen LogP contribution is -2.46. The first-order chi connectivity index (χ1) is 13.7. The molecule has 1 aromatic heterocycles. The van der Waals surface area contributed by atoms with Crippen LogP contribution in [0.15, 0.2) is 53.7 Å². The number of para-hydroxylation sites is 1. The van der Waals surface area contributed by atoms with Crippen molar-refractivity contribution < 1.29 is 14.3 Å².